The molecule has 0 radical (unpaired) electrons. The number of benzene rings is 2. The van der Waals surface area contributed by atoms with E-state index in [1.54, 1.807) is 17.3 Å². The molecule has 1 fully saturated rings. The lowest BCUT2D eigenvalue weighted by atomic mass is 9.69. The summed E-state index contributed by atoms with van der Waals surface area (Å²) in [5, 5.41) is 11.7. The summed E-state index contributed by atoms with van der Waals surface area (Å²) in [4.78, 5) is 31.0. The number of carboxylic acid groups (broad SMARTS) is 1. The number of carbonyl (C=O) groups excluding carboxylic acids is 1. The highest BCUT2D eigenvalue weighted by Crippen LogP contribution is 2.49. The van der Waals surface area contributed by atoms with Gasteiger partial charge in [-0.15, -0.1) is 0 Å². The normalized spacial score (nSPS) is 15.4. The number of fused-ring (bicyclic) bond motifs is 1. The number of aromatic nitrogens is 1. The molecule has 0 spiro atoms. The van der Waals surface area contributed by atoms with Crippen LogP contribution in [0.25, 0.3) is 10.8 Å². The summed E-state index contributed by atoms with van der Waals surface area (Å²) in [6.45, 7) is 5.78. The monoisotopic (exact) mass is 402 g/mol. The molecule has 1 aromatic heterocycles. The van der Waals surface area contributed by atoms with E-state index in [1.807, 2.05) is 69.3 Å². The van der Waals surface area contributed by atoms with Gasteiger partial charge in [0, 0.05) is 34.4 Å². The zero-order valence-electron chi connectivity index (χ0n) is 17.6. The topological polar surface area (TPSA) is 70.5 Å². The lowest BCUT2D eigenvalue weighted by Gasteiger charge is -2.54. The number of hydrogen-bond acceptors (Lipinski definition) is 3. The molecule has 0 atom stereocenters. The Morgan fingerprint density at radius 1 is 1.03 bits per heavy atom. The zero-order valence-corrected chi connectivity index (χ0v) is 17.6. The summed E-state index contributed by atoms with van der Waals surface area (Å²) in [7, 11) is 0. The molecule has 0 bridgehead atoms. The van der Waals surface area contributed by atoms with E-state index in [4.69, 9.17) is 0 Å². The van der Waals surface area contributed by atoms with Crippen LogP contribution in [0.5, 0.6) is 0 Å². The molecule has 0 saturated heterocycles. The fourth-order valence-electron chi connectivity index (χ4n) is 4.67. The van der Waals surface area contributed by atoms with Crippen molar-refractivity contribution >= 4 is 22.6 Å². The van der Waals surface area contributed by atoms with Gasteiger partial charge < -0.3 is 5.11 Å². The quantitative estimate of drug-likeness (QED) is 0.575. The van der Waals surface area contributed by atoms with Crippen LogP contribution in [0.4, 0.5) is 4.79 Å². The lowest BCUT2D eigenvalue weighted by Crippen LogP contribution is -2.60. The Kier molecular flexibility index (Phi) is 4.85. The largest absolute Gasteiger partial charge is 0.465 e. The van der Waals surface area contributed by atoms with Gasteiger partial charge >= 0.3 is 6.09 Å². The Labute approximate surface area is 176 Å². The first-order valence-electron chi connectivity index (χ1n) is 10.3. The minimum Gasteiger partial charge on any atom is -0.465 e. The van der Waals surface area contributed by atoms with E-state index in [1.165, 1.54) is 0 Å². The number of amides is 1. The van der Waals surface area contributed by atoms with Crippen molar-refractivity contribution in [1.82, 2.24) is 9.88 Å². The van der Waals surface area contributed by atoms with Crippen molar-refractivity contribution in [1.29, 1.82) is 0 Å². The molecule has 2 aromatic carbocycles. The molecule has 1 aliphatic carbocycles. The maximum absolute atomic E-state index is 13.2. The van der Waals surface area contributed by atoms with E-state index in [-0.39, 0.29) is 5.78 Å². The Hall–Kier alpha value is -3.21. The third-order valence-corrected chi connectivity index (χ3v) is 6.08. The predicted molar refractivity (Wildman–Crippen MR) is 117 cm³/mol. The van der Waals surface area contributed by atoms with Crippen LogP contribution in [-0.2, 0) is 5.54 Å². The minimum absolute atomic E-state index is 0.0491. The molecule has 1 saturated carbocycles. The molecule has 1 aliphatic rings. The smallest absolute Gasteiger partial charge is 0.408 e. The summed E-state index contributed by atoms with van der Waals surface area (Å²) >= 11 is 0. The van der Waals surface area contributed by atoms with Crippen LogP contribution in [0.1, 0.15) is 61.5 Å². The first-order valence-corrected chi connectivity index (χ1v) is 10.3. The van der Waals surface area contributed by atoms with Crippen molar-refractivity contribution in [3.8, 4) is 0 Å². The molecule has 30 heavy (non-hydrogen) atoms. The van der Waals surface area contributed by atoms with Crippen LogP contribution in [0.3, 0.4) is 0 Å². The maximum Gasteiger partial charge on any atom is 0.408 e. The number of ketones is 1. The van der Waals surface area contributed by atoms with Crippen LogP contribution in [0.2, 0.25) is 0 Å². The average Bonchev–Trinajstić information content (AvgIpc) is 2.68. The van der Waals surface area contributed by atoms with Crippen molar-refractivity contribution < 1.29 is 14.7 Å². The van der Waals surface area contributed by atoms with E-state index >= 15 is 0 Å². The molecular weight excluding hydrogens is 376 g/mol. The van der Waals surface area contributed by atoms with Crippen LogP contribution >= 0.6 is 0 Å². The molecule has 1 heterocycles. The lowest BCUT2D eigenvalue weighted by molar-refractivity contribution is -0.0328. The fourth-order valence-corrected chi connectivity index (χ4v) is 4.67. The van der Waals surface area contributed by atoms with Crippen molar-refractivity contribution in [2.45, 2.75) is 51.1 Å². The average molecular weight is 402 g/mol. The van der Waals surface area contributed by atoms with Crippen LogP contribution in [-0.4, -0.2) is 32.4 Å². The zero-order chi connectivity index (χ0) is 21.5. The van der Waals surface area contributed by atoms with Crippen molar-refractivity contribution in [2.24, 2.45) is 0 Å². The molecule has 3 aromatic rings. The van der Waals surface area contributed by atoms with Gasteiger partial charge in [-0.05, 0) is 57.0 Å². The van der Waals surface area contributed by atoms with E-state index < -0.39 is 17.2 Å². The highest BCUT2D eigenvalue weighted by molar-refractivity contribution is 6.16. The predicted octanol–water partition coefficient (Wildman–Crippen LogP) is 5.62. The molecule has 154 valence electrons. The SMILES string of the molecule is CC(C)(C)N(C(=O)O)C1(c2ccc(C(=O)c3cccc4cnccc34)cc2)CCC1. The highest BCUT2D eigenvalue weighted by Gasteiger charge is 2.50. The second kappa shape index (κ2) is 7.24. The molecule has 0 unspecified atom stereocenters. The van der Waals surface area contributed by atoms with Crippen molar-refractivity contribution in [2.75, 3.05) is 0 Å². The van der Waals surface area contributed by atoms with Crippen LogP contribution in [0, 0.1) is 0 Å². The number of rotatable bonds is 4. The van der Waals surface area contributed by atoms with Gasteiger partial charge in [0.25, 0.3) is 0 Å². The molecule has 4 rings (SSSR count). The Morgan fingerprint density at radius 3 is 2.30 bits per heavy atom. The number of carbonyl (C=O) groups is 2. The van der Waals surface area contributed by atoms with Gasteiger partial charge in [0.15, 0.2) is 5.78 Å². The van der Waals surface area contributed by atoms with Gasteiger partial charge in [-0.2, -0.15) is 0 Å². The molecule has 0 aliphatic heterocycles. The third-order valence-electron chi connectivity index (χ3n) is 6.08. The van der Waals surface area contributed by atoms with Gasteiger partial charge in [0.1, 0.15) is 0 Å². The van der Waals surface area contributed by atoms with E-state index in [0.29, 0.717) is 11.1 Å². The van der Waals surface area contributed by atoms with E-state index in [9.17, 15) is 14.7 Å². The number of hydrogen-bond donors (Lipinski definition) is 1. The highest BCUT2D eigenvalue weighted by atomic mass is 16.4. The number of pyridine rings is 1. The summed E-state index contributed by atoms with van der Waals surface area (Å²) in [6.07, 6.45) is 5.11. The molecule has 5 nitrogen and oxygen atoms in total. The molecule has 1 N–H and O–H groups in total. The summed E-state index contributed by atoms with van der Waals surface area (Å²) in [5.74, 6) is -0.0491. The van der Waals surface area contributed by atoms with E-state index in [2.05, 4.69) is 4.98 Å². The van der Waals surface area contributed by atoms with Crippen LogP contribution in [0.15, 0.2) is 60.9 Å². The second-order valence-electron chi connectivity index (χ2n) is 8.98. The molecule has 1 amide bonds. The van der Waals surface area contributed by atoms with Gasteiger partial charge in [-0.3, -0.25) is 14.7 Å². The second-order valence-corrected chi connectivity index (χ2v) is 8.98. The Morgan fingerprint density at radius 2 is 1.73 bits per heavy atom. The summed E-state index contributed by atoms with van der Waals surface area (Å²) in [5.41, 5.74) is 1.14. The summed E-state index contributed by atoms with van der Waals surface area (Å²) in [6, 6.07) is 15.0. The third kappa shape index (κ3) is 3.24. The maximum atomic E-state index is 13.2. The first-order chi connectivity index (χ1) is 14.2. The van der Waals surface area contributed by atoms with Gasteiger partial charge in [-0.25, -0.2) is 4.79 Å². The van der Waals surface area contributed by atoms with Crippen LogP contribution < -0.4 is 0 Å². The molecule has 5 heteroatoms. The summed E-state index contributed by atoms with van der Waals surface area (Å²) < 4.78 is 0. The van der Waals surface area contributed by atoms with Gasteiger partial charge in [-0.1, -0.05) is 42.5 Å². The standard InChI is InChI=1S/C25H26N2O3/c1-24(2,3)27(23(29)30)25(13-5-14-25)19-10-8-17(9-11-19)22(28)21-7-4-6-18-16-26-15-12-20(18)21/h4,6-12,15-16H,5,13-14H2,1-3H3,(H,29,30). The van der Waals surface area contributed by atoms with Gasteiger partial charge in [0.2, 0.25) is 0 Å². The Bertz CT molecular complexity index is 1100. The van der Waals surface area contributed by atoms with E-state index in [0.717, 1.165) is 35.6 Å². The molecular formula is C25H26N2O3. The first kappa shape index (κ1) is 20.1. The number of nitrogens with zero attached hydrogens (tertiary/aromatic N) is 2. The van der Waals surface area contributed by atoms with Crippen molar-refractivity contribution in [3.63, 3.8) is 0 Å². The van der Waals surface area contributed by atoms with Gasteiger partial charge in [0.05, 0.1) is 5.54 Å². The fraction of sp³-hybridized carbons (Fsp3) is 0.320. The minimum atomic E-state index is -0.910. The Balaban J connectivity index is 1.70. The van der Waals surface area contributed by atoms with Crippen molar-refractivity contribution in [3.05, 3.63) is 77.6 Å².